The Balaban J connectivity index is 2.00. The van der Waals surface area contributed by atoms with Crippen LogP contribution in [-0.4, -0.2) is 19.3 Å². The minimum absolute atomic E-state index is 0.579. The lowest BCUT2D eigenvalue weighted by molar-refractivity contribution is 0.848. The number of halogens is 1. The number of anilines is 1. The number of fused-ring (bicyclic) bond motifs is 1. The van der Waals surface area contributed by atoms with Crippen molar-refractivity contribution in [1.29, 1.82) is 0 Å². The summed E-state index contributed by atoms with van der Waals surface area (Å²) in [6.07, 6.45) is 1.88. The molecule has 1 N–H and O–H groups in total. The number of aromatic nitrogens is 4. The molecule has 92 valence electrons. The number of pyridine rings is 1. The van der Waals surface area contributed by atoms with Gasteiger partial charge >= 0.3 is 0 Å². The van der Waals surface area contributed by atoms with E-state index < -0.39 is 0 Å². The van der Waals surface area contributed by atoms with Crippen LogP contribution < -0.4 is 5.43 Å². The van der Waals surface area contributed by atoms with Crippen molar-refractivity contribution in [2.24, 2.45) is 0 Å². The predicted molar refractivity (Wildman–Crippen MR) is 73.6 cm³/mol. The third kappa shape index (κ3) is 1.88. The molecule has 0 fully saturated rings. The van der Waals surface area contributed by atoms with Crippen LogP contribution in [-0.2, 0) is 0 Å². The lowest BCUT2D eigenvalue weighted by Crippen LogP contribution is -2.13. The number of rotatable bonds is 2. The fourth-order valence-electron chi connectivity index (χ4n) is 1.85. The first-order chi connectivity index (χ1) is 8.63. The van der Waals surface area contributed by atoms with Gasteiger partial charge in [-0.3, -0.25) is 10.1 Å². The van der Waals surface area contributed by atoms with Gasteiger partial charge in [0.05, 0.1) is 0 Å². The maximum absolute atomic E-state index is 4.41. The molecule has 6 heteroatoms. The van der Waals surface area contributed by atoms with Crippen molar-refractivity contribution in [2.45, 2.75) is 13.8 Å². The van der Waals surface area contributed by atoms with Crippen LogP contribution in [0.2, 0.25) is 0 Å². The highest BCUT2D eigenvalue weighted by Crippen LogP contribution is 2.13. The third-order valence-electron chi connectivity index (χ3n) is 2.78. The Morgan fingerprint density at radius 1 is 1.11 bits per heavy atom. The minimum atomic E-state index is 0.579. The molecule has 0 radical (unpaired) electrons. The summed E-state index contributed by atoms with van der Waals surface area (Å²) < 4.78 is 4.67. The molecule has 3 heterocycles. The number of aryl methyl sites for hydroxylation is 2. The van der Waals surface area contributed by atoms with E-state index in [1.807, 2.05) is 36.9 Å². The van der Waals surface area contributed by atoms with Crippen molar-refractivity contribution in [1.82, 2.24) is 19.3 Å². The van der Waals surface area contributed by atoms with Crippen LogP contribution in [0.5, 0.6) is 0 Å². The van der Waals surface area contributed by atoms with Crippen molar-refractivity contribution < 1.29 is 0 Å². The molecule has 0 aliphatic heterocycles. The van der Waals surface area contributed by atoms with E-state index in [-0.39, 0.29) is 0 Å². The molecule has 3 aromatic heterocycles. The molecule has 0 bridgehead atoms. The second-order valence-corrected chi connectivity index (χ2v) is 5.06. The highest BCUT2D eigenvalue weighted by molar-refractivity contribution is 9.10. The Hall–Kier alpha value is -1.82. The molecule has 0 aromatic carbocycles. The van der Waals surface area contributed by atoms with Gasteiger partial charge in [0.15, 0.2) is 5.65 Å². The number of hydrogen-bond donors (Lipinski definition) is 1. The molecule has 0 saturated carbocycles. The summed E-state index contributed by atoms with van der Waals surface area (Å²) in [7, 11) is 0. The summed E-state index contributed by atoms with van der Waals surface area (Å²) in [6, 6.07) is 7.96. The van der Waals surface area contributed by atoms with Crippen molar-refractivity contribution in [3.63, 3.8) is 0 Å². The Bertz CT molecular complexity index is 693. The van der Waals surface area contributed by atoms with Crippen molar-refractivity contribution in [2.75, 3.05) is 5.43 Å². The first-order valence-electron chi connectivity index (χ1n) is 5.57. The highest BCUT2D eigenvalue weighted by atomic mass is 79.9. The van der Waals surface area contributed by atoms with E-state index in [0.29, 0.717) is 5.95 Å². The van der Waals surface area contributed by atoms with E-state index in [1.54, 1.807) is 4.52 Å². The second kappa shape index (κ2) is 4.13. The van der Waals surface area contributed by atoms with Crippen LogP contribution in [0.1, 0.15) is 11.4 Å². The second-order valence-electron chi connectivity index (χ2n) is 4.15. The molecule has 18 heavy (non-hydrogen) atoms. The Kier molecular flexibility index (Phi) is 2.59. The fourth-order valence-corrected chi connectivity index (χ4v) is 2.18. The zero-order valence-electron chi connectivity index (χ0n) is 10.1. The van der Waals surface area contributed by atoms with E-state index in [9.17, 15) is 0 Å². The Morgan fingerprint density at radius 3 is 2.56 bits per heavy atom. The van der Waals surface area contributed by atoms with Crippen LogP contribution in [0.4, 0.5) is 5.95 Å². The zero-order valence-corrected chi connectivity index (χ0v) is 11.6. The van der Waals surface area contributed by atoms with Gasteiger partial charge in [0.1, 0.15) is 0 Å². The van der Waals surface area contributed by atoms with Crippen LogP contribution in [0.3, 0.4) is 0 Å². The average molecular weight is 306 g/mol. The molecule has 0 atom stereocenters. The van der Waals surface area contributed by atoms with E-state index in [2.05, 4.69) is 43.6 Å². The normalized spacial score (nSPS) is 11.1. The zero-order chi connectivity index (χ0) is 12.7. The molecule has 0 aliphatic rings. The van der Waals surface area contributed by atoms with Gasteiger partial charge < -0.3 is 0 Å². The van der Waals surface area contributed by atoms with Gasteiger partial charge in [-0.15, -0.1) is 5.10 Å². The topological polar surface area (TPSA) is 47.2 Å². The van der Waals surface area contributed by atoms with Gasteiger partial charge in [-0.1, -0.05) is 0 Å². The summed E-state index contributed by atoms with van der Waals surface area (Å²) in [4.78, 5) is 4.41. The van der Waals surface area contributed by atoms with Gasteiger partial charge in [0.25, 0.3) is 5.95 Å². The molecular formula is C12H12BrN5. The monoisotopic (exact) mass is 305 g/mol. The quantitative estimate of drug-likeness (QED) is 0.792. The van der Waals surface area contributed by atoms with Crippen LogP contribution in [0, 0.1) is 13.8 Å². The standard InChI is InChI=1S/C12H12BrN5/c1-8-3-4-9(2)18(8)16-12-14-11-6-5-10(13)7-17(11)15-12/h3-7H,1-2H3,(H,15,16). The molecule has 3 aromatic rings. The Morgan fingerprint density at radius 2 is 1.83 bits per heavy atom. The van der Waals surface area contributed by atoms with E-state index >= 15 is 0 Å². The maximum atomic E-state index is 4.41. The molecule has 5 nitrogen and oxygen atoms in total. The first-order valence-corrected chi connectivity index (χ1v) is 6.37. The lowest BCUT2D eigenvalue weighted by Gasteiger charge is -2.08. The predicted octanol–water partition coefficient (Wildman–Crippen LogP) is 2.79. The van der Waals surface area contributed by atoms with Gasteiger partial charge in [-0.05, 0) is 54.0 Å². The van der Waals surface area contributed by atoms with E-state index in [1.165, 1.54) is 0 Å². The first kappa shape index (κ1) is 11.3. The summed E-state index contributed by atoms with van der Waals surface area (Å²) in [6.45, 7) is 4.07. The SMILES string of the molecule is Cc1ccc(C)n1Nc1nc2ccc(Br)cn2n1. The van der Waals surface area contributed by atoms with Crippen molar-refractivity contribution in [3.05, 3.63) is 46.3 Å². The van der Waals surface area contributed by atoms with Gasteiger partial charge in [-0.2, -0.15) is 4.98 Å². The summed E-state index contributed by atoms with van der Waals surface area (Å²) >= 11 is 3.41. The summed E-state index contributed by atoms with van der Waals surface area (Å²) in [5.74, 6) is 0.579. The molecular weight excluding hydrogens is 294 g/mol. The van der Waals surface area contributed by atoms with Gasteiger partial charge in [0.2, 0.25) is 0 Å². The molecule has 0 unspecified atom stereocenters. The minimum Gasteiger partial charge on any atom is -0.262 e. The molecule has 0 saturated heterocycles. The molecule has 3 rings (SSSR count). The van der Waals surface area contributed by atoms with Crippen LogP contribution in [0.15, 0.2) is 34.9 Å². The molecule has 0 aliphatic carbocycles. The van der Waals surface area contributed by atoms with Crippen LogP contribution >= 0.6 is 15.9 Å². The summed E-state index contributed by atoms with van der Waals surface area (Å²) in [5.41, 5.74) is 6.23. The third-order valence-corrected chi connectivity index (χ3v) is 3.25. The lowest BCUT2D eigenvalue weighted by atomic mass is 10.5. The van der Waals surface area contributed by atoms with E-state index in [4.69, 9.17) is 0 Å². The number of hydrogen-bond acceptors (Lipinski definition) is 3. The maximum Gasteiger partial charge on any atom is 0.262 e. The number of nitrogens with one attached hydrogen (secondary N) is 1. The number of nitrogens with zero attached hydrogens (tertiary/aromatic N) is 4. The van der Waals surface area contributed by atoms with Crippen molar-refractivity contribution in [3.8, 4) is 0 Å². The molecule has 0 amide bonds. The smallest absolute Gasteiger partial charge is 0.262 e. The van der Waals surface area contributed by atoms with E-state index in [0.717, 1.165) is 21.5 Å². The summed E-state index contributed by atoms with van der Waals surface area (Å²) in [5, 5.41) is 4.37. The van der Waals surface area contributed by atoms with Crippen molar-refractivity contribution >= 4 is 27.5 Å². The van der Waals surface area contributed by atoms with Gasteiger partial charge in [-0.25, -0.2) is 4.52 Å². The molecule has 0 spiro atoms. The largest absolute Gasteiger partial charge is 0.262 e. The highest BCUT2D eigenvalue weighted by Gasteiger charge is 2.06. The van der Waals surface area contributed by atoms with Crippen LogP contribution in [0.25, 0.3) is 5.65 Å². The Labute approximate surface area is 113 Å². The van der Waals surface area contributed by atoms with Gasteiger partial charge in [0, 0.05) is 22.1 Å². The average Bonchev–Trinajstić information content (AvgIpc) is 2.86. The fraction of sp³-hybridized carbons (Fsp3) is 0.167.